The number of ether oxygens (including phenoxy) is 1. The summed E-state index contributed by atoms with van der Waals surface area (Å²) in [6, 6.07) is 71.0. The molecule has 0 radical (unpaired) electrons. The maximum absolute atomic E-state index is 17.6. The first kappa shape index (κ1) is 54.3. The van der Waals surface area contributed by atoms with Gasteiger partial charge in [-0.2, -0.15) is 0 Å². The van der Waals surface area contributed by atoms with Gasteiger partial charge in [-0.15, -0.1) is 0 Å². The molecule has 2 unspecified atom stereocenters. The molecule has 9 rings (SSSR count). The van der Waals surface area contributed by atoms with E-state index in [2.05, 4.69) is 0 Å². The number of benzene rings is 8. The van der Waals surface area contributed by atoms with E-state index in [1.807, 2.05) is 24.3 Å². The molecule has 13 heteroatoms. The van der Waals surface area contributed by atoms with Crippen LogP contribution in [0.25, 0.3) is 0 Å². The van der Waals surface area contributed by atoms with Gasteiger partial charge in [0.25, 0.3) is 0 Å². The van der Waals surface area contributed by atoms with E-state index >= 15 is 28.5 Å². The van der Waals surface area contributed by atoms with Gasteiger partial charge in [0.15, 0.2) is 10.7 Å². The van der Waals surface area contributed by atoms with Gasteiger partial charge in [0.05, 0.1) is 0 Å². The van der Waals surface area contributed by atoms with Crippen LogP contribution in [0, 0.1) is 0 Å². The van der Waals surface area contributed by atoms with E-state index in [0.29, 0.717) is 44.5 Å². The van der Waals surface area contributed by atoms with Gasteiger partial charge in [-0.05, 0) is 44.5 Å². The summed E-state index contributed by atoms with van der Waals surface area (Å²) in [5.41, 5.74) is 4.32. The Morgan fingerprint density at radius 3 is 0.640 bits per heavy atom. The zero-order valence-corrected chi connectivity index (χ0v) is 45.3. The lowest BCUT2D eigenvalue weighted by Crippen LogP contribution is -2.62. The number of hydrogen-bond acceptors (Lipinski definition) is 9. The maximum atomic E-state index is 17.6. The van der Waals surface area contributed by atoms with Crippen molar-refractivity contribution >= 4 is 28.6 Å². The van der Waals surface area contributed by atoms with Crippen molar-refractivity contribution in [3.8, 4) is 0 Å². The summed E-state index contributed by atoms with van der Waals surface area (Å²) < 4.78 is 75.5. The highest BCUT2D eigenvalue weighted by Gasteiger charge is 2.81. The second-order valence-corrected chi connectivity index (χ2v) is 32.4. The standard InChI is InChI=1S/C62H64O9P4/c63-59(72(67,41-49-25-9-1-10-26-49)42-50-27-11-2-12-28-50)57-61(65,74(69,45-53-33-17-5-18-34-53)46-54-35-19-6-20-36-54)62(66,75(70,47-55-37-21-7-22-38-55)48-56-39-23-8-24-40-56)58(71-57)60(64)73(68,43-51-29-13-3-14-30-51)44-52-31-15-4-16-32-52/h1-40,57-60,63-66H,41-48H2/t57-,58-,59?,60?,61+,62+/m1/s1. The molecule has 0 amide bonds. The van der Waals surface area contributed by atoms with Crippen molar-refractivity contribution in [3.05, 3.63) is 287 Å². The van der Waals surface area contributed by atoms with Gasteiger partial charge in [-0.1, -0.05) is 243 Å². The molecule has 1 aliphatic rings. The van der Waals surface area contributed by atoms with E-state index in [1.54, 1.807) is 218 Å². The molecule has 1 saturated heterocycles. The largest absolute Gasteiger partial charge is 0.382 e. The van der Waals surface area contributed by atoms with Crippen LogP contribution in [-0.4, -0.2) is 55.0 Å². The van der Waals surface area contributed by atoms with E-state index in [0.717, 1.165) is 0 Å². The Kier molecular flexibility index (Phi) is 16.9. The van der Waals surface area contributed by atoms with Crippen molar-refractivity contribution in [1.82, 2.24) is 0 Å². The van der Waals surface area contributed by atoms with Gasteiger partial charge < -0.3 is 43.4 Å². The van der Waals surface area contributed by atoms with E-state index < -0.39 is 87.8 Å². The molecule has 4 N–H and O–H groups in total. The average Bonchev–Trinajstić information content (AvgIpc) is 3.71. The Labute approximate surface area is 440 Å². The van der Waals surface area contributed by atoms with Gasteiger partial charge >= 0.3 is 0 Å². The predicted octanol–water partition coefficient (Wildman–Crippen LogP) is 13.8. The Bertz CT molecular complexity index is 2880. The highest BCUT2D eigenvalue weighted by atomic mass is 31.2. The van der Waals surface area contributed by atoms with Crippen molar-refractivity contribution < 1.29 is 43.4 Å². The number of hydrogen-bond donors (Lipinski definition) is 4. The van der Waals surface area contributed by atoms with Gasteiger partial charge in [-0.3, -0.25) is 0 Å². The minimum absolute atomic E-state index is 0.223. The SMILES string of the molecule is O=P(Cc1ccccc1)(Cc1ccccc1)C(O)[C@H]1O[C@H](C(O)P(=O)(Cc2ccccc2)Cc2ccccc2)[C@](O)(P(=O)(Cc2ccccc2)Cc2ccccc2)[C@@]1(O)P(=O)(Cc1ccccc1)Cc1ccccc1. The van der Waals surface area contributed by atoms with Gasteiger partial charge in [0, 0.05) is 49.3 Å². The molecule has 1 fully saturated rings. The average molecular weight is 1080 g/mol. The molecule has 386 valence electrons. The van der Waals surface area contributed by atoms with E-state index in [4.69, 9.17) is 4.74 Å². The lowest BCUT2D eigenvalue weighted by molar-refractivity contribution is -0.0687. The minimum Gasteiger partial charge on any atom is -0.382 e. The summed E-state index contributed by atoms with van der Waals surface area (Å²) in [5, 5.41) is 50.8. The van der Waals surface area contributed by atoms with Crippen molar-refractivity contribution in [2.75, 3.05) is 0 Å². The lowest BCUT2D eigenvalue weighted by atomic mass is 10.1. The quantitative estimate of drug-likeness (QED) is 0.0485. The van der Waals surface area contributed by atoms with Gasteiger partial charge in [0.2, 0.25) is 0 Å². The van der Waals surface area contributed by atoms with Crippen molar-refractivity contribution in [1.29, 1.82) is 0 Å². The fourth-order valence-electron chi connectivity index (χ4n) is 11.0. The van der Waals surface area contributed by atoms with Gasteiger partial charge in [-0.25, -0.2) is 0 Å². The fraction of sp³-hybridized carbons (Fsp3) is 0.226. The molecule has 0 saturated carbocycles. The molecule has 6 atom stereocenters. The molecule has 9 nitrogen and oxygen atoms in total. The van der Waals surface area contributed by atoms with Crippen LogP contribution in [0.1, 0.15) is 44.5 Å². The summed E-state index contributed by atoms with van der Waals surface area (Å²) >= 11 is 0. The van der Waals surface area contributed by atoms with Crippen molar-refractivity contribution in [2.24, 2.45) is 0 Å². The first-order valence-corrected chi connectivity index (χ1v) is 33.7. The smallest absolute Gasteiger partial charge is 0.185 e. The second kappa shape index (κ2) is 23.4. The summed E-state index contributed by atoms with van der Waals surface area (Å²) in [4.78, 5) is 0. The second-order valence-electron chi connectivity index (χ2n) is 20.1. The molecule has 0 spiro atoms. The number of aliphatic hydroxyl groups is 4. The fourth-order valence-corrected chi connectivity index (χ4v) is 25.4. The first-order chi connectivity index (χ1) is 36.2. The molecule has 8 aromatic rings. The van der Waals surface area contributed by atoms with Crippen molar-refractivity contribution in [3.63, 3.8) is 0 Å². The summed E-state index contributed by atoms with van der Waals surface area (Å²) in [6.45, 7) is 0. The zero-order chi connectivity index (χ0) is 52.6. The van der Waals surface area contributed by atoms with E-state index in [9.17, 15) is 10.2 Å². The summed E-state index contributed by atoms with van der Waals surface area (Å²) in [6.07, 6.45) is -7.08. The van der Waals surface area contributed by atoms with E-state index in [1.165, 1.54) is 0 Å². The van der Waals surface area contributed by atoms with Crippen LogP contribution in [0.4, 0.5) is 0 Å². The zero-order valence-electron chi connectivity index (χ0n) is 41.7. The van der Waals surface area contributed by atoms with Crippen LogP contribution in [-0.2, 0) is 72.3 Å². The molecule has 8 aromatic carbocycles. The van der Waals surface area contributed by atoms with Crippen LogP contribution in [0.15, 0.2) is 243 Å². The molecule has 1 aliphatic heterocycles. The minimum atomic E-state index is -4.83. The monoisotopic (exact) mass is 1080 g/mol. The first-order valence-electron chi connectivity index (χ1n) is 25.3. The van der Waals surface area contributed by atoms with Crippen LogP contribution < -0.4 is 0 Å². The number of rotatable bonds is 22. The number of aliphatic hydroxyl groups excluding tert-OH is 2. The Morgan fingerprint density at radius 2 is 0.467 bits per heavy atom. The Morgan fingerprint density at radius 1 is 0.307 bits per heavy atom. The van der Waals surface area contributed by atoms with E-state index in [-0.39, 0.29) is 24.6 Å². The third kappa shape index (κ3) is 11.6. The normalized spacial score (nSPS) is 20.1. The maximum Gasteiger partial charge on any atom is 0.185 e. The van der Waals surface area contributed by atoms with Crippen LogP contribution in [0.5, 0.6) is 0 Å². The Balaban J connectivity index is 1.37. The van der Waals surface area contributed by atoms with Crippen LogP contribution in [0.3, 0.4) is 0 Å². The molecular weight excluding hydrogens is 1010 g/mol. The molecule has 0 aromatic heterocycles. The summed E-state index contributed by atoms with van der Waals surface area (Å²) in [7, 11) is -18.2. The van der Waals surface area contributed by atoms with Crippen LogP contribution >= 0.6 is 28.6 Å². The molecule has 1 heterocycles. The van der Waals surface area contributed by atoms with Gasteiger partial charge in [0.1, 0.15) is 52.5 Å². The Hall–Kier alpha value is -5.52. The topological polar surface area (TPSA) is 158 Å². The predicted molar refractivity (Wildman–Crippen MR) is 302 cm³/mol. The highest BCUT2D eigenvalue weighted by Crippen LogP contribution is 2.82. The van der Waals surface area contributed by atoms with Crippen molar-refractivity contribution in [2.45, 2.75) is 83.9 Å². The highest BCUT2D eigenvalue weighted by molar-refractivity contribution is 7.69. The van der Waals surface area contributed by atoms with Crippen LogP contribution in [0.2, 0.25) is 0 Å². The third-order valence-corrected chi connectivity index (χ3v) is 28.1. The molecule has 0 bridgehead atoms. The lowest BCUT2D eigenvalue weighted by Gasteiger charge is -2.51. The molecule has 0 aliphatic carbocycles. The molecular formula is C62H64O9P4. The third-order valence-electron chi connectivity index (χ3n) is 14.7. The molecule has 75 heavy (non-hydrogen) atoms. The summed E-state index contributed by atoms with van der Waals surface area (Å²) in [5.74, 6) is -4.45.